The molecule has 0 saturated carbocycles. The average Bonchev–Trinajstić information content (AvgIpc) is 2.61. The summed E-state index contributed by atoms with van der Waals surface area (Å²) in [7, 11) is 0. The number of halogens is 1. The Balaban J connectivity index is 2.49. The number of rotatable bonds is 2. The molecule has 0 amide bonds. The number of hydrogen-bond donors (Lipinski definition) is 2. The Morgan fingerprint density at radius 1 is 1.31 bits per heavy atom. The number of aromatic nitrogens is 1. The number of phenols is 1. The summed E-state index contributed by atoms with van der Waals surface area (Å²) in [5.41, 5.74) is 0.804. The van der Waals surface area contributed by atoms with Gasteiger partial charge in [-0.1, -0.05) is 16.8 Å². The number of phenolic OH excluding ortho intramolecular Hbond substituents is 1. The van der Waals surface area contributed by atoms with Crippen molar-refractivity contribution in [1.82, 2.24) is 5.16 Å². The molecule has 0 unspecified atom stereocenters. The number of benzene rings is 1. The molecule has 82 valence electrons. The van der Waals surface area contributed by atoms with Crippen LogP contribution in [0.25, 0.3) is 11.3 Å². The van der Waals surface area contributed by atoms with Crippen LogP contribution in [-0.4, -0.2) is 21.3 Å². The molecule has 5 nitrogen and oxygen atoms in total. The summed E-state index contributed by atoms with van der Waals surface area (Å²) in [6.45, 7) is 0. The Labute approximate surface area is 94.9 Å². The van der Waals surface area contributed by atoms with Gasteiger partial charge in [0.25, 0.3) is 5.76 Å². The van der Waals surface area contributed by atoms with Crippen molar-refractivity contribution in [3.8, 4) is 17.0 Å². The van der Waals surface area contributed by atoms with Gasteiger partial charge in [0, 0.05) is 5.56 Å². The minimum absolute atomic E-state index is 0.0572. The van der Waals surface area contributed by atoms with Gasteiger partial charge >= 0.3 is 5.97 Å². The first-order valence-electron chi connectivity index (χ1n) is 4.27. The quantitative estimate of drug-likeness (QED) is 0.841. The predicted molar refractivity (Wildman–Crippen MR) is 55.6 cm³/mol. The topological polar surface area (TPSA) is 83.6 Å². The molecule has 2 N–H and O–H groups in total. The van der Waals surface area contributed by atoms with Crippen LogP contribution in [0.3, 0.4) is 0 Å². The first-order chi connectivity index (χ1) is 7.59. The lowest BCUT2D eigenvalue weighted by Gasteiger charge is -1.96. The lowest BCUT2D eigenvalue weighted by atomic mass is 10.1. The minimum Gasteiger partial charge on any atom is -0.508 e. The number of carboxylic acids is 1. The molecule has 6 heteroatoms. The molecule has 0 atom stereocenters. The molecule has 0 aliphatic heterocycles. The van der Waals surface area contributed by atoms with Gasteiger partial charge in [0.2, 0.25) is 0 Å². The summed E-state index contributed by atoms with van der Waals surface area (Å²) in [5.74, 6) is -1.57. The van der Waals surface area contributed by atoms with Gasteiger partial charge in [0.15, 0.2) is 0 Å². The van der Waals surface area contributed by atoms with Gasteiger partial charge in [-0.3, -0.25) is 0 Å². The molecule has 1 aromatic heterocycles. The monoisotopic (exact) mass is 239 g/mol. The van der Waals surface area contributed by atoms with Crippen LogP contribution in [0.15, 0.2) is 28.8 Å². The number of aromatic hydroxyl groups is 1. The van der Waals surface area contributed by atoms with Crippen molar-refractivity contribution >= 4 is 17.6 Å². The van der Waals surface area contributed by atoms with Crippen LogP contribution in [0.2, 0.25) is 5.02 Å². The van der Waals surface area contributed by atoms with E-state index >= 15 is 0 Å². The molecule has 2 aromatic rings. The van der Waals surface area contributed by atoms with E-state index in [9.17, 15) is 4.79 Å². The predicted octanol–water partition coefficient (Wildman–Crippen LogP) is 2.40. The standard InChI is InChI=1S/C10H6ClNO4/c11-7-8(12-16-9(7)10(14)15)5-1-3-6(13)4-2-5/h1-4,13H,(H,14,15). The highest BCUT2D eigenvalue weighted by Gasteiger charge is 2.20. The molecule has 0 saturated heterocycles. The summed E-state index contributed by atoms with van der Waals surface area (Å²) >= 11 is 5.79. The molecular formula is C10H6ClNO4. The smallest absolute Gasteiger partial charge is 0.376 e. The molecule has 0 fully saturated rings. The maximum absolute atomic E-state index is 10.7. The van der Waals surface area contributed by atoms with Crippen molar-refractivity contribution < 1.29 is 19.5 Å². The van der Waals surface area contributed by atoms with Crippen molar-refractivity contribution in [3.05, 3.63) is 35.0 Å². The van der Waals surface area contributed by atoms with E-state index in [1.165, 1.54) is 12.1 Å². The second-order valence-corrected chi connectivity index (χ2v) is 3.40. The van der Waals surface area contributed by atoms with E-state index in [2.05, 4.69) is 9.68 Å². The largest absolute Gasteiger partial charge is 0.508 e. The normalized spacial score (nSPS) is 10.3. The van der Waals surface area contributed by atoms with Gasteiger partial charge in [-0.2, -0.15) is 0 Å². The van der Waals surface area contributed by atoms with Crippen LogP contribution in [0, 0.1) is 0 Å². The number of carboxylic acid groups (broad SMARTS) is 1. The van der Waals surface area contributed by atoms with Gasteiger partial charge in [0.1, 0.15) is 16.5 Å². The van der Waals surface area contributed by atoms with Crippen molar-refractivity contribution in [2.45, 2.75) is 0 Å². The molecule has 2 rings (SSSR count). The highest BCUT2D eigenvalue weighted by Crippen LogP contribution is 2.30. The Kier molecular flexibility index (Phi) is 2.54. The summed E-state index contributed by atoms with van der Waals surface area (Å²) in [6, 6.07) is 6.01. The van der Waals surface area contributed by atoms with Crippen LogP contribution in [0.5, 0.6) is 5.75 Å². The van der Waals surface area contributed by atoms with Gasteiger partial charge in [-0.05, 0) is 24.3 Å². The fourth-order valence-corrected chi connectivity index (χ4v) is 1.47. The number of hydrogen-bond acceptors (Lipinski definition) is 4. The molecule has 0 spiro atoms. The third kappa shape index (κ3) is 1.72. The van der Waals surface area contributed by atoms with Crippen molar-refractivity contribution in [3.63, 3.8) is 0 Å². The maximum atomic E-state index is 10.7. The molecule has 0 bridgehead atoms. The Bertz CT molecular complexity index is 532. The van der Waals surface area contributed by atoms with Crippen molar-refractivity contribution in [2.24, 2.45) is 0 Å². The Hall–Kier alpha value is -2.01. The Morgan fingerprint density at radius 3 is 2.44 bits per heavy atom. The van der Waals surface area contributed by atoms with Crippen LogP contribution >= 0.6 is 11.6 Å². The molecule has 0 aliphatic carbocycles. The number of carbonyl (C=O) groups is 1. The average molecular weight is 240 g/mol. The van der Waals surface area contributed by atoms with Crippen LogP contribution in [-0.2, 0) is 0 Å². The highest BCUT2D eigenvalue weighted by molar-refractivity contribution is 6.35. The third-order valence-electron chi connectivity index (χ3n) is 1.97. The van der Waals surface area contributed by atoms with Crippen LogP contribution in [0.1, 0.15) is 10.6 Å². The van der Waals surface area contributed by atoms with E-state index in [1.54, 1.807) is 12.1 Å². The minimum atomic E-state index is -1.28. The molecule has 0 aliphatic rings. The molecular weight excluding hydrogens is 234 g/mol. The SMILES string of the molecule is O=C(O)c1onc(-c2ccc(O)cc2)c1Cl. The zero-order valence-corrected chi connectivity index (χ0v) is 8.60. The fraction of sp³-hybridized carbons (Fsp3) is 0. The van der Waals surface area contributed by atoms with Crippen molar-refractivity contribution in [1.29, 1.82) is 0 Å². The third-order valence-corrected chi connectivity index (χ3v) is 2.32. The van der Waals surface area contributed by atoms with Gasteiger partial charge in [-0.15, -0.1) is 0 Å². The Morgan fingerprint density at radius 2 is 1.94 bits per heavy atom. The molecule has 1 aromatic carbocycles. The zero-order chi connectivity index (χ0) is 11.7. The summed E-state index contributed by atoms with van der Waals surface area (Å²) in [6.07, 6.45) is 0. The van der Waals surface area contributed by atoms with E-state index in [-0.39, 0.29) is 16.5 Å². The van der Waals surface area contributed by atoms with E-state index in [0.29, 0.717) is 5.56 Å². The highest BCUT2D eigenvalue weighted by atomic mass is 35.5. The van der Waals surface area contributed by atoms with Crippen LogP contribution < -0.4 is 0 Å². The van der Waals surface area contributed by atoms with E-state index < -0.39 is 11.7 Å². The second-order valence-electron chi connectivity index (χ2n) is 3.03. The van der Waals surface area contributed by atoms with E-state index in [0.717, 1.165) is 0 Å². The first kappa shape index (κ1) is 10.5. The fourth-order valence-electron chi connectivity index (χ4n) is 1.21. The van der Waals surface area contributed by atoms with Crippen molar-refractivity contribution in [2.75, 3.05) is 0 Å². The summed E-state index contributed by atoms with van der Waals surface area (Å²) in [4.78, 5) is 10.7. The van der Waals surface area contributed by atoms with Gasteiger partial charge < -0.3 is 14.7 Å². The zero-order valence-electron chi connectivity index (χ0n) is 7.85. The summed E-state index contributed by atoms with van der Waals surface area (Å²) in [5, 5.41) is 21.3. The number of nitrogens with zero attached hydrogens (tertiary/aromatic N) is 1. The van der Waals surface area contributed by atoms with E-state index in [1.807, 2.05) is 0 Å². The molecule has 0 radical (unpaired) electrons. The first-order valence-corrected chi connectivity index (χ1v) is 4.65. The van der Waals surface area contributed by atoms with Gasteiger partial charge in [-0.25, -0.2) is 4.79 Å². The van der Waals surface area contributed by atoms with Gasteiger partial charge in [0.05, 0.1) is 0 Å². The number of aromatic carboxylic acids is 1. The molecule has 16 heavy (non-hydrogen) atoms. The summed E-state index contributed by atoms with van der Waals surface area (Å²) < 4.78 is 4.60. The lowest BCUT2D eigenvalue weighted by Crippen LogP contribution is -1.93. The maximum Gasteiger partial charge on any atom is 0.376 e. The lowest BCUT2D eigenvalue weighted by molar-refractivity contribution is 0.0652. The van der Waals surface area contributed by atoms with Crippen LogP contribution in [0.4, 0.5) is 0 Å². The van der Waals surface area contributed by atoms with E-state index in [4.69, 9.17) is 21.8 Å². The second kappa shape index (κ2) is 3.86. The molecule has 1 heterocycles.